The molecule has 1 aromatic heterocycles. The Kier molecular flexibility index (Phi) is 5.37. The number of carbonyl (C=O) groups is 2. The average Bonchev–Trinajstić information content (AvgIpc) is 2.73. The zero-order chi connectivity index (χ0) is 12.7. The Labute approximate surface area is 105 Å². The van der Waals surface area contributed by atoms with Gasteiger partial charge in [0.2, 0.25) is 12.1 Å². The molecule has 0 fully saturated rings. The molecule has 0 saturated heterocycles. The van der Waals surface area contributed by atoms with E-state index in [-0.39, 0.29) is 29.0 Å². The standard InChI is InChI=1S/C8H8ClN3O4S/c9-1-2-16-12-6(7(14)15)5-3-17-8(11-5)10-4-13/h3-4H,1-2H2,(H,14,15)(H,10,11,13). The first-order valence-electron chi connectivity index (χ1n) is 4.34. The number of rotatable bonds is 7. The van der Waals surface area contributed by atoms with E-state index >= 15 is 0 Å². The van der Waals surface area contributed by atoms with Gasteiger partial charge >= 0.3 is 5.97 Å². The SMILES string of the molecule is O=CNc1nc(C(=NOCCCl)C(=O)O)cs1. The van der Waals surface area contributed by atoms with Crippen LogP contribution in [-0.2, 0) is 14.4 Å². The molecule has 0 unspecified atom stereocenters. The van der Waals surface area contributed by atoms with E-state index in [0.29, 0.717) is 6.41 Å². The molecule has 1 rings (SSSR count). The van der Waals surface area contributed by atoms with Crippen LogP contribution < -0.4 is 5.32 Å². The maximum atomic E-state index is 10.9. The number of carboxylic acids is 1. The fourth-order valence-corrected chi connectivity index (χ4v) is 1.56. The molecular weight excluding hydrogens is 270 g/mol. The van der Waals surface area contributed by atoms with Crippen molar-refractivity contribution in [1.82, 2.24) is 4.98 Å². The van der Waals surface area contributed by atoms with Gasteiger partial charge in [-0.25, -0.2) is 9.78 Å². The van der Waals surface area contributed by atoms with Gasteiger partial charge in [0.1, 0.15) is 12.3 Å². The topological polar surface area (TPSA) is 101 Å². The van der Waals surface area contributed by atoms with E-state index in [4.69, 9.17) is 16.7 Å². The van der Waals surface area contributed by atoms with Crippen LogP contribution in [0.5, 0.6) is 0 Å². The minimum Gasteiger partial charge on any atom is -0.476 e. The van der Waals surface area contributed by atoms with Crippen LogP contribution in [0.15, 0.2) is 10.5 Å². The van der Waals surface area contributed by atoms with Gasteiger partial charge in [-0.05, 0) is 0 Å². The number of halogens is 1. The van der Waals surface area contributed by atoms with Crippen LogP contribution in [0.3, 0.4) is 0 Å². The highest BCUT2D eigenvalue weighted by molar-refractivity contribution is 7.14. The van der Waals surface area contributed by atoms with Gasteiger partial charge in [-0.3, -0.25) is 4.79 Å². The normalized spacial score (nSPS) is 11.0. The second-order valence-electron chi connectivity index (χ2n) is 2.57. The highest BCUT2D eigenvalue weighted by Crippen LogP contribution is 2.15. The second kappa shape index (κ2) is 6.81. The van der Waals surface area contributed by atoms with Gasteiger partial charge < -0.3 is 15.3 Å². The number of carboxylic acid groups (broad SMARTS) is 1. The Morgan fingerprint density at radius 1 is 1.76 bits per heavy atom. The number of oxime groups is 1. The summed E-state index contributed by atoms with van der Waals surface area (Å²) in [5.41, 5.74) is -0.230. The Morgan fingerprint density at radius 2 is 2.53 bits per heavy atom. The van der Waals surface area contributed by atoms with Gasteiger partial charge in [0.25, 0.3) is 0 Å². The van der Waals surface area contributed by atoms with Crippen LogP contribution in [0.25, 0.3) is 0 Å². The highest BCUT2D eigenvalue weighted by Gasteiger charge is 2.17. The number of alkyl halides is 1. The van der Waals surface area contributed by atoms with Crippen molar-refractivity contribution in [2.24, 2.45) is 5.16 Å². The van der Waals surface area contributed by atoms with E-state index in [1.54, 1.807) is 0 Å². The van der Waals surface area contributed by atoms with Crippen molar-refractivity contribution in [2.45, 2.75) is 0 Å². The van der Waals surface area contributed by atoms with Crippen LogP contribution in [0.2, 0.25) is 0 Å². The lowest BCUT2D eigenvalue weighted by Crippen LogP contribution is -2.16. The van der Waals surface area contributed by atoms with E-state index in [1.807, 2.05) is 0 Å². The lowest BCUT2D eigenvalue weighted by molar-refractivity contribution is -0.129. The zero-order valence-corrected chi connectivity index (χ0v) is 9.99. The number of aromatic nitrogens is 1. The molecule has 17 heavy (non-hydrogen) atoms. The summed E-state index contributed by atoms with van der Waals surface area (Å²) in [5, 5.41) is 16.3. The third-order valence-corrected chi connectivity index (χ3v) is 2.38. The number of hydrogen-bond donors (Lipinski definition) is 2. The molecule has 0 atom stereocenters. The number of carbonyl (C=O) groups excluding carboxylic acids is 1. The smallest absolute Gasteiger partial charge is 0.360 e. The van der Waals surface area contributed by atoms with E-state index in [1.165, 1.54) is 5.38 Å². The molecule has 0 bridgehead atoms. The first kappa shape index (κ1) is 13.4. The molecular formula is C8H8ClN3O4S. The molecule has 1 amide bonds. The van der Waals surface area contributed by atoms with Crippen LogP contribution in [0, 0.1) is 0 Å². The first-order chi connectivity index (χ1) is 8.19. The number of aliphatic carboxylic acids is 1. The maximum absolute atomic E-state index is 10.9. The summed E-state index contributed by atoms with van der Waals surface area (Å²) in [6.45, 7) is 0.0991. The van der Waals surface area contributed by atoms with Crippen molar-refractivity contribution in [1.29, 1.82) is 0 Å². The Balaban J connectivity index is 2.85. The molecule has 7 nitrogen and oxygen atoms in total. The molecule has 0 spiro atoms. The molecule has 2 N–H and O–H groups in total. The van der Waals surface area contributed by atoms with Crippen LogP contribution in [0.1, 0.15) is 5.69 Å². The van der Waals surface area contributed by atoms with Gasteiger partial charge in [-0.2, -0.15) is 0 Å². The second-order valence-corrected chi connectivity index (χ2v) is 3.80. The number of nitrogens with zero attached hydrogens (tertiary/aromatic N) is 2. The Bertz CT molecular complexity index is 434. The number of nitrogens with one attached hydrogen (secondary N) is 1. The minimum absolute atomic E-state index is 0.0991. The third kappa shape index (κ3) is 4.00. The molecule has 1 aromatic rings. The lowest BCUT2D eigenvalue weighted by atomic mass is 10.3. The van der Waals surface area contributed by atoms with E-state index in [9.17, 15) is 9.59 Å². The summed E-state index contributed by atoms with van der Waals surface area (Å²) in [5.74, 6) is -1.08. The van der Waals surface area contributed by atoms with Crippen molar-refractivity contribution < 1.29 is 19.5 Å². The summed E-state index contributed by atoms with van der Waals surface area (Å²) < 4.78 is 0. The zero-order valence-electron chi connectivity index (χ0n) is 8.42. The van der Waals surface area contributed by atoms with Crippen molar-refractivity contribution in [3.63, 3.8) is 0 Å². The summed E-state index contributed by atoms with van der Waals surface area (Å²) in [4.78, 5) is 29.6. The predicted octanol–water partition coefficient (Wildman–Crippen LogP) is 0.755. The molecule has 0 aliphatic carbocycles. The predicted molar refractivity (Wildman–Crippen MR) is 62.6 cm³/mol. The number of anilines is 1. The van der Waals surface area contributed by atoms with Gasteiger partial charge in [-0.15, -0.1) is 22.9 Å². The fourth-order valence-electron chi connectivity index (χ4n) is 0.839. The van der Waals surface area contributed by atoms with Crippen LogP contribution in [-0.4, -0.2) is 40.7 Å². The van der Waals surface area contributed by atoms with Crippen LogP contribution in [0.4, 0.5) is 5.13 Å². The van der Waals surface area contributed by atoms with Gasteiger partial charge in [0.05, 0.1) is 5.88 Å². The monoisotopic (exact) mass is 277 g/mol. The number of thiazole rings is 1. The lowest BCUT2D eigenvalue weighted by Gasteiger charge is -1.98. The minimum atomic E-state index is -1.28. The molecule has 9 heteroatoms. The molecule has 0 radical (unpaired) electrons. The largest absolute Gasteiger partial charge is 0.476 e. The average molecular weight is 278 g/mol. The van der Waals surface area contributed by atoms with Crippen molar-refractivity contribution >= 4 is 46.2 Å². The maximum Gasteiger partial charge on any atom is 0.360 e. The van der Waals surface area contributed by atoms with E-state index in [2.05, 4.69) is 20.3 Å². The first-order valence-corrected chi connectivity index (χ1v) is 5.75. The van der Waals surface area contributed by atoms with Crippen molar-refractivity contribution in [3.05, 3.63) is 11.1 Å². The van der Waals surface area contributed by atoms with E-state index < -0.39 is 5.97 Å². The quantitative estimate of drug-likeness (QED) is 0.252. The third-order valence-electron chi connectivity index (χ3n) is 1.46. The molecule has 0 aromatic carbocycles. The van der Waals surface area contributed by atoms with Crippen molar-refractivity contribution in [3.8, 4) is 0 Å². The fraction of sp³-hybridized carbons (Fsp3) is 0.250. The van der Waals surface area contributed by atoms with Crippen LogP contribution >= 0.6 is 22.9 Å². The van der Waals surface area contributed by atoms with Gasteiger partial charge in [0.15, 0.2) is 5.13 Å². The molecule has 0 aliphatic rings. The van der Waals surface area contributed by atoms with Gasteiger partial charge in [-0.1, -0.05) is 5.16 Å². The van der Waals surface area contributed by atoms with Crippen molar-refractivity contribution in [2.75, 3.05) is 17.8 Å². The number of amides is 1. The molecule has 92 valence electrons. The highest BCUT2D eigenvalue weighted by atomic mass is 35.5. The summed E-state index contributed by atoms with van der Waals surface area (Å²) in [6, 6.07) is 0. The van der Waals surface area contributed by atoms with Gasteiger partial charge in [0, 0.05) is 5.38 Å². The number of hydrogen-bond acceptors (Lipinski definition) is 6. The summed E-state index contributed by atoms with van der Waals surface area (Å²) in [6.07, 6.45) is 0.449. The molecule has 0 saturated carbocycles. The Morgan fingerprint density at radius 3 is 3.12 bits per heavy atom. The molecule has 1 heterocycles. The molecule has 0 aliphatic heterocycles. The Hall–Kier alpha value is -1.67. The summed E-state index contributed by atoms with van der Waals surface area (Å²) >= 11 is 6.43. The summed E-state index contributed by atoms with van der Waals surface area (Å²) in [7, 11) is 0. The van der Waals surface area contributed by atoms with E-state index in [0.717, 1.165) is 11.3 Å².